The maximum absolute atomic E-state index is 12.0. The first-order chi connectivity index (χ1) is 17.8. The van der Waals surface area contributed by atoms with E-state index < -0.39 is 6.10 Å². The fraction of sp³-hybridized carbons (Fsp3) is 0.938. The smallest absolute Gasteiger partial charge is 0.306 e. The van der Waals surface area contributed by atoms with E-state index in [0.29, 0.717) is 12.8 Å². The van der Waals surface area contributed by atoms with Gasteiger partial charge in [-0.15, -0.1) is 0 Å². The van der Waals surface area contributed by atoms with E-state index in [9.17, 15) is 14.7 Å². The Bertz CT molecular complexity index is 517. The maximum atomic E-state index is 12.0. The van der Waals surface area contributed by atoms with E-state index in [1.165, 1.54) is 83.5 Å². The predicted octanol–water partition coefficient (Wildman–Crippen LogP) is 8.94. The van der Waals surface area contributed by atoms with Crippen molar-refractivity contribution in [3.05, 3.63) is 0 Å². The van der Waals surface area contributed by atoms with Crippen molar-refractivity contribution >= 4 is 11.9 Å². The Balaban J connectivity index is 3.56. The summed E-state index contributed by atoms with van der Waals surface area (Å²) in [7, 11) is 0. The molecule has 0 aliphatic heterocycles. The molecule has 0 aliphatic rings. The van der Waals surface area contributed by atoms with E-state index in [1.807, 2.05) is 0 Å². The molecule has 0 rings (SSSR count). The molecule has 37 heavy (non-hydrogen) atoms. The predicted molar refractivity (Wildman–Crippen MR) is 155 cm³/mol. The molecule has 0 aromatic heterocycles. The van der Waals surface area contributed by atoms with Crippen LogP contribution in [0.25, 0.3) is 0 Å². The summed E-state index contributed by atoms with van der Waals surface area (Å²) < 4.78 is 10.5. The van der Waals surface area contributed by atoms with Crippen LogP contribution in [0.1, 0.15) is 163 Å². The Kier molecular flexibility index (Phi) is 25.7. The minimum Gasteiger partial charge on any atom is -0.462 e. The highest BCUT2D eigenvalue weighted by atomic mass is 16.6. The van der Waals surface area contributed by atoms with Gasteiger partial charge in [-0.2, -0.15) is 0 Å². The average molecular weight is 527 g/mol. The number of unbranched alkanes of at least 4 members (excludes halogenated alkanes) is 15. The number of carbonyl (C=O) groups is 2. The van der Waals surface area contributed by atoms with Crippen molar-refractivity contribution in [3.8, 4) is 0 Å². The molecule has 0 bridgehead atoms. The summed E-state index contributed by atoms with van der Waals surface area (Å²) in [4.78, 5) is 24.0. The Morgan fingerprint density at radius 1 is 0.541 bits per heavy atom. The van der Waals surface area contributed by atoms with Crippen molar-refractivity contribution in [1.29, 1.82) is 0 Å². The standard InChI is InChI=1S/C32H62O5/c1-28(2)22-18-14-10-8-6-5-7-9-11-16-20-24-31(34)36-27-30(26-33)37-32(35)25-21-17-13-12-15-19-23-29(3)4/h28-30,33H,5-27H2,1-4H3/t30-/m0/s1. The molecule has 0 aliphatic carbocycles. The molecule has 0 heterocycles. The number of esters is 2. The fourth-order valence-electron chi connectivity index (χ4n) is 4.57. The number of aliphatic hydroxyl groups excluding tert-OH is 1. The first-order valence-corrected chi connectivity index (χ1v) is 15.8. The molecule has 0 saturated carbocycles. The van der Waals surface area contributed by atoms with Crippen molar-refractivity contribution in [2.24, 2.45) is 11.8 Å². The van der Waals surface area contributed by atoms with Crippen LogP contribution in [0.2, 0.25) is 0 Å². The lowest BCUT2D eigenvalue weighted by atomic mass is 10.0. The summed E-state index contributed by atoms with van der Waals surface area (Å²) in [6, 6.07) is 0. The first kappa shape index (κ1) is 35.9. The van der Waals surface area contributed by atoms with Crippen LogP contribution in [0.3, 0.4) is 0 Å². The lowest BCUT2D eigenvalue weighted by Gasteiger charge is -2.15. The van der Waals surface area contributed by atoms with E-state index in [1.54, 1.807) is 0 Å². The molecular formula is C32H62O5. The van der Waals surface area contributed by atoms with Crippen molar-refractivity contribution < 1.29 is 24.2 Å². The Morgan fingerprint density at radius 3 is 1.27 bits per heavy atom. The SMILES string of the molecule is CC(C)CCCCCCCCCCCCCC(=O)OC[C@H](CO)OC(=O)CCCCCCCCC(C)C. The molecule has 0 saturated heterocycles. The van der Waals surface area contributed by atoms with Gasteiger partial charge in [-0.1, -0.05) is 137 Å². The highest BCUT2D eigenvalue weighted by molar-refractivity contribution is 5.70. The summed E-state index contributed by atoms with van der Waals surface area (Å²) in [5.41, 5.74) is 0. The van der Waals surface area contributed by atoms with Gasteiger partial charge in [0.05, 0.1) is 6.61 Å². The molecule has 5 nitrogen and oxygen atoms in total. The summed E-state index contributed by atoms with van der Waals surface area (Å²) in [6.45, 7) is 8.73. The quantitative estimate of drug-likeness (QED) is 0.0854. The highest BCUT2D eigenvalue weighted by Crippen LogP contribution is 2.15. The Labute approximate surface area is 229 Å². The van der Waals surface area contributed by atoms with E-state index in [4.69, 9.17) is 9.47 Å². The zero-order valence-corrected chi connectivity index (χ0v) is 25.1. The normalized spacial score (nSPS) is 12.3. The van der Waals surface area contributed by atoms with Gasteiger partial charge in [-0.3, -0.25) is 9.59 Å². The van der Waals surface area contributed by atoms with E-state index >= 15 is 0 Å². The van der Waals surface area contributed by atoms with Crippen LogP contribution in [0.4, 0.5) is 0 Å². The van der Waals surface area contributed by atoms with Crippen molar-refractivity contribution in [1.82, 2.24) is 0 Å². The summed E-state index contributed by atoms with van der Waals surface area (Å²) in [5, 5.41) is 9.46. The van der Waals surface area contributed by atoms with Gasteiger partial charge in [0.15, 0.2) is 6.10 Å². The molecule has 0 aromatic carbocycles. The van der Waals surface area contributed by atoms with Gasteiger partial charge in [0.2, 0.25) is 0 Å². The van der Waals surface area contributed by atoms with Crippen molar-refractivity contribution in [2.45, 2.75) is 169 Å². The van der Waals surface area contributed by atoms with Crippen LogP contribution in [0.5, 0.6) is 0 Å². The fourth-order valence-corrected chi connectivity index (χ4v) is 4.57. The lowest BCUT2D eigenvalue weighted by Crippen LogP contribution is -2.28. The molecule has 1 N–H and O–H groups in total. The van der Waals surface area contributed by atoms with E-state index in [0.717, 1.165) is 50.4 Å². The molecule has 0 spiro atoms. The second-order valence-electron chi connectivity index (χ2n) is 11.9. The largest absolute Gasteiger partial charge is 0.462 e. The Hall–Kier alpha value is -1.10. The third-order valence-electron chi connectivity index (χ3n) is 7.01. The number of hydrogen-bond acceptors (Lipinski definition) is 5. The summed E-state index contributed by atoms with van der Waals surface area (Å²) in [5.74, 6) is 1.02. The minimum absolute atomic E-state index is 0.0611. The van der Waals surface area contributed by atoms with Gasteiger partial charge >= 0.3 is 11.9 Å². The third-order valence-corrected chi connectivity index (χ3v) is 7.01. The number of rotatable bonds is 27. The zero-order chi connectivity index (χ0) is 27.6. The molecule has 0 unspecified atom stereocenters. The maximum Gasteiger partial charge on any atom is 0.306 e. The number of carbonyl (C=O) groups excluding carboxylic acids is 2. The monoisotopic (exact) mass is 526 g/mol. The summed E-state index contributed by atoms with van der Waals surface area (Å²) in [6.07, 6.45) is 23.1. The average Bonchev–Trinajstić information content (AvgIpc) is 2.85. The van der Waals surface area contributed by atoms with Gasteiger partial charge < -0.3 is 14.6 Å². The molecule has 5 heteroatoms. The Morgan fingerprint density at radius 2 is 0.892 bits per heavy atom. The third kappa shape index (κ3) is 27.7. The van der Waals surface area contributed by atoms with Crippen LogP contribution in [0, 0.1) is 11.8 Å². The highest BCUT2D eigenvalue weighted by Gasteiger charge is 2.16. The van der Waals surface area contributed by atoms with Crippen molar-refractivity contribution in [3.63, 3.8) is 0 Å². The zero-order valence-electron chi connectivity index (χ0n) is 25.1. The first-order valence-electron chi connectivity index (χ1n) is 15.8. The van der Waals surface area contributed by atoms with Crippen molar-refractivity contribution in [2.75, 3.05) is 13.2 Å². The van der Waals surface area contributed by atoms with Crippen LogP contribution < -0.4 is 0 Å². The number of hydrogen-bond donors (Lipinski definition) is 1. The molecule has 220 valence electrons. The number of aliphatic hydroxyl groups is 1. The molecule has 0 amide bonds. The van der Waals surface area contributed by atoms with Crippen LogP contribution >= 0.6 is 0 Å². The van der Waals surface area contributed by atoms with E-state index in [-0.39, 0.29) is 25.2 Å². The lowest BCUT2D eigenvalue weighted by molar-refractivity contribution is -0.161. The molecule has 0 fully saturated rings. The minimum atomic E-state index is -0.761. The van der Waals surface area contributed by atoms with Gasteiger partial charge in [0.25, 0.3) is 0 Å². The van der Waals surface area contributed by atoms with Crippen LogP contribution in [0.15, 0.2) is 0 Å². The number of ether oxygens (including phenoxy) is 2. The van der Waals surface area contributed by atoms with Crippen LogP contribution in [-0.4, -0.2) is 36.4 Å². The molecule has 0 aromatic rings. The summed E-state index contributed by atoms with van der Waals surface area (Å²) >= 11 is 0. The second kappa shape index (κ2) is 26.5. The van der Waals surface area contributed by atoms with Gasteiger partial charge in [0.1, 0.15) is 6.61 Å². The van der Waals surface area contributed by atoms with Gasteiger partial charge in [0, 0.05) is 12.8 Å². The molecular weight excluding hydrogens is 464 g/mol. The van der Waals surface area contributed by atoms with E-state index in [2.05, 4.69) is 27.7 Å². The van der Waals surface area contributed by atoms with Gasteiger partial charge in [-0.05, 0) is 24.7 Å². The molecule has 1 atom stereocenters. The second-order valence-corrected chi connectivity index (χ2v) is 11.9. The van der Waals surface area contributed by atoms with Gasteiger partial charge in [-0.25, -0.2) is 0 Å². The topological polar surface area (TPSA) is 72.8 Å². The molecule has 0 radical (unpaired) electrons. The van der Waals surface area contributed by atoms with Crippen LogP contribution in [-0.2, 0) is 19.1 Å².